The van der Waals surface area contributed by atoms with Gasteiger partial charge in [0.1, 0.15) is 6.29 Å². The summed E-state index contributed by atoms with van der Waals surface area (Å²) in [4.78, 5) is 12.5. The lowest BCUT2D eigenvalue weighted by molar-refractivity contribution is -0.111. The lowest BCUT2D eigenvalue weighted by Crippen LogP contribution is -2.29. The van der Waals surface area contributed by atoms with Crippen LogP contribution in [0.15, 0.2) is 0 Å². The first-order chi connectivity index (χ1) is 5.11. The van der Waals surface area contributed by atoms with Gasteiger partial charge < -0.3 is 9.69 Å². The van der Waals surface area contributed by atoms with Crippen molar-refractivity contribution < 1.29 is 4.79 Å². The number of carbonyl (C=O) groups excluding carboxylic acids is 1. The molecule has 0 aromatic rings. The minimum Gasteiger partial charge on any atom is -0.306 e. The highest BCUT2D eigenvalue weighted by atomic mass is 16.1. The summed E-state index contributed by atoms with van der Waals surface area (Å²) in [5.74, 6) is 0.197. The SMILES string of the molecule is CCC(CC(C)C=O)N(C)C. The summed E-state index contributed by atoms with van der Waals surface area (Å²) in [6.45, 7) is 4.13. The maximum atomic E-state index is 10.4. The molecule has 2 atom stereocenters. The summed E-state index contributed by atoms with van der Waals surface area (Å²) in [7, 11) is 4.12. The fourth-order valence-corrected chi connectivity index (χ4v) is 1.23. The van der Waals surface area contributed by atoms with E-state index in [1.54, 1.807) is 0 Å². The zero-order chi connectivity index (χ0) is 8.85. The van der Waals surface area contributed by atoms with E-state index in [0.29, 0.717) is 6.04 Å². The van der Waals surface area contributed by atoms with Crippen LogP contribution in [0.4, 0.5) is 0 Å². The van der Waals surface area contributed by atoms with Gasteiger partial charge in [0.2, 0.25) is 0 Å². The highest BCUT2D eigenvalue weighted by Crippen LogP contribution is 2.10. The Balaban J connectivity index is 3.77. The number of hydrogen-bond acceptors (Lipinski definition) is 2. The minimum absolute atomic E-state index is 0.197. The predicted molar refractivity (Wildman–Crippen MR) is 47.6 cm³/mol. The predicted octanol–water partition coefficient (Wildman–Crippen LogP) is 1.55. The van der Waals surface area contributed by atoms with Crippen molar-refractivity contribution in [3.63, 3.8) is 0 Å². The first-order valence-corrected chi connectivity index (χ1v) is 4.23. The molecule has 2 nitrogen and oxygen atoms in total. The van der Waals surface area contributed by atoms with Crippen molar-refractivity contribution in [2.24, 2.45) is 5.92 Å². The molecule has 0 heterocycles. The summed E-state index contributed by atoms with van der Waals surface area (Å²) < 4.78 is 0. The van der Waals surface area contributed by atoms with Gasteiger partial charge in [0, 0.05) is 12.0 Å². The van der Waals surface area contributed by atoms with E-state index >= 15 is 0 Å². The molecule has 0 N–H and O–H groups in total. The van der Waals surface area contributed by atoms with E-state index < -0.39 is 0 Å². The van der Waals surface area contributed by atoms with Gasteiger partial charge in [0.15, 0.2) is 0 Å². The molecular weight excluding hydrogens is 138 g/mol. The molecule has 0 radical (unpaired) electrons. The van der Waals surface area contributed by atoms with Crippen LogP contribution in [0, 0.1) is 5.92 Å². The molecule has 11 heavy (non-hydrogen) atoms. The van der Waals surface area contributed by atoms with Crippen molar-refractivity contribution in [3.8, 4) is 0 Å². The first-order valence-electron chi connectivity index (χ1n) is 4.23. The maximum absolute atomic E-state index is 10.4. The zero-order valence-electron chi connectivity index (χ0n) is 8.00. The quantitative estimate of drug-likeness (QED) is 0.564. The third-order valence-corrected chi connectivity index (χ3v) is 2.08. The average Bonchev–Trinajstić information content (AvgIpc) is 1.99. The van der Waals surface area contributed by atoms with Gasteiger partial charge in [-0.25, -0.2) is 0 Å². The van der Waals surface area contributed by atoms with Crippen LogP contribution in [0.5, 0.6) is 0 Å². The Morgan fingerprint density at radius 2 is 2.00 bits per heavy atom. The molecule has 0 aliphatic heterocycles. The van der Waals surface area contributed by atoms with Gasteiger partial charge in [0.05, 0.1) is 0 Å². The topological polar surface area (TPSA) is 20.3 Å². The normalized spacial score (nSPS) is 16.5. The lowest BCUT2D eigenvalue weighted by Gasteiger charge is -2.23. The molecule has 0 aliphatic carbocycles. The Hall–Kier alpha value is -0.370. The van der Waals surface area contributed by atoms with Crippen molar-refractivity contribution in [3.05, 3.63) is 0 Å². The van der Waals surface area contributed by atoms with Crippen LogP contribution in [-0.4, -0.2) is 31.3 Å². The van der Waals surface area contributed by atoms with Crippen LogP contribution in [-0.2, 0) is 4.79 Å². The molecule has 0 aromatic carbocycles. The van der Waals surface area contributed by atoms with Gasteiger partial charge in [-0.2, -0.15) is 0 Å². The molecule has 0 aromatic heterocycles. The molecule has 0 bridgehead atoms. The van der Waals surface area contributed by atoms with Gasteiger partial charge in [-0.15, -0.1) is 0 Å². The number of aldehydes is 1. The van der Waals surface area contributed by atoms with Crippen LogP contribution in [0.1, 0.15) is 26.7 Å². The molecule has 0 spiro atoms. The average molecular weight is 157 g/mol. The minimum atomic E-state index is 0.197. The smallest absolute Gasteiger partial charge is 0.122 e. The second-order valence-corrected chi connectivity index (χ2v) is 3.37. The summed E-state index contributed by atoms with van der Waals surface area (Å²) in [6.07, 6.45) is 3.13. The van der Waals surface area contributed by atoms with Crippen molar-refractivity contribution in [2.45, 2.75) is 32.7 Å². The molecule has 0 saturated heterocycles. The highest BCUT2D eigenvalue weighted by Gasteiger charge is 2.12. The molecule has 0 amide bonds. The largest absolute Gasteiger partial charge is 0.306 e. The fourth-order valence-electron chi connectivity index (χ4n) is 1.23. The number of hydrogen-bond donors (Lipinski definition) is 0. The van der Waals surface area contributed by atoms with Crippen LogP contribution in [0.2, 0.25) is 0 Å². The van der Waals surface area contributed by atoms with Crippen molar-refractivity contribution >= 4 is 6.29 Å². The Labute approximate surface area is 69.6 Å². The number of carbonyl (C=O) groups is 1. The van der Waals surface area contributed by atoms with Crippen LogP contribution >= 0.6 is 0 Å². The number of rotatable bonds is 5. The Morgan fingerprint density at radius 3 is 2.27 bits per heavy atom. The van der Waals surface area contributed by atoms with Gasteiger partial charge in [0.25, 0.3) is 0 Å². The van der Waals surface area contributed by atoms with Gasteiger partial charge in [-0.05, 0) is 26.9 Å². The maximum Gasteiger partial charge on any atom is 0.122 e. The van der Waals surface area contributed by atoms with E-state index in [1.807, 2.05) is 6.92 Å². The first kappa shape index (κ1) is 10.6. The second-order valence-electron chi connectivity index (χ2n) is 3.37. The van der Waals surface area contributed by atoms with Gasteiger partial charge >= 0.3 is 0 Å². The fraction of sp³-hybridized carbons (Fsp3) is 0.889. The van der Waals surface area contributed by atoms with E-state index in [2.05, 4.69) is 25.9 Å². The van der Waals surface area contributed by atoms with E-state index in [1.165, 1.54) is 0 Å². The molecule has 0 fully saturated rings. The van der Waals surface area contributed by atoms with Crippen LogP contribution < -0.4 is 0 Å². The van der Waals surface area contributed by atoms with Gasteiger partial charge in [-0.1, -0.05) is 13.8 Å². The highest BCUT2D eigenvalue weighted by molar-refractivity contribution is 5.52. The summed E-state index contributed by atoms with van der Waals surface area (Å²) in [6, 6.07) is 0.551. The van der Waals surface area contributed by atoms with Crippen molar-refractivity contribution in [1.29, 1.82) is 0 Å². The van der Waals surface area contributed by atoms with Crippen LogP contribution in [0.3, 0.4) is 0 Å². The van der Waals surface area contributed by atoms with E-state index in [0.717, 1.165) is 19.1 Å². The third kappa shape index (κ3) is 4.14. The third-order valence-electron chi connectivity index (χ3n) is 2.08. The Kier molecular flexibility index (Phi) is 5.12. The summed E-state index contributed by atoms with van der Waals surface area (Å²) in [5.41, 5.74) is 0. The molecule has 2 unspecified atom stereocenters. The van der Waals surface area contributed by atoms with Gasteiger partial charge in [-0.3, -0.25) is 0 Å². The van der Waals surface area contributed by atoms with Crippen LogP contribution in [0.25, 0.3) is 0 Å². The molecule has 0 rings (SSSR count). The Bertz CT molecular complexity index is 112. The molecular formula is C9H19NO. The number of nitrogens with zero attached hydrogens (tertiary/aromatic N) is 1. The summed E-state index contributed by atoms with van der Waals surface area (Å²) in [5, 5.41) is 0. The Morgan fingerprint density at radius 1 is 1.45 bits per heavy atom. The molecule has 0 saturated carbocycles. The molecule has 66 valence electrons. The lowest BCUT2D eigenvalue weighted by atomic mass is 10.0. The molecule has 2 heteroatoms. The van der Waals surface area contributed by atoms with E-state index in [4.69, 9.17) is 0 Å². The zero-order valence-corrected chi connectivity index (χ0v) is 8.00. The van der Waals surface area contributed by atoms with Crippen molar-refractivity contribution in [2.75, 3.05) is 14.1 Å². The standard InChI is InChI=1S/C9H19NO/c1-5-9(10(3)4)6-8(2)7-11/h7-9H,5-6H2,1-4H3. The monoisotopic (exact) mass is 157 g/mol. The van der Waals surface area contributed by atoms with E-state index in [-0.39, 0.29) is 5.92 Å². The molecule has 0 aliphatic rings. The van der Waals surface area contributed by atoms with Crippen molar-refractivity contribution in [1.82, 2.24) is 4.90 Å². The summed E-state index contributed by atoms with van der Waals surface area (Å²) >= 11 is 0. The van der Waals surface area contributed by atoms with E-state index in [9.17, 15) is 4.79 Å². The second kappa shape index (κ2) is 5.30.